The predicted molar refractivity (Wildman–Crippen MR) is 97.4 cm³/mol. The summed E-state index contributed by atoms with van der Waals surface area (Å²) in [5.41, 5.74) is 2.80. The molecule has 0 aliphatic rings. The molecule has 0 unspecified atom stereocenters. The van der Waals surface area contributed by atoms with Crippen LogP contribution in [-0.2, 0) is 9.53 Å². The van der Waals surface area contributed by atoms with Crippen LogP contribution in [0.3, 0.4) is 0 Å². The molecule has 0 saturated heterocycles. The van der Waals surface area contributed by atoms with Crippen LogP contribution in [0.5, 0.6) is 5.75 Å². The van der Waals surface area contributed by atoms with Gasteiger partial charge in [-0.2, -0.15) is 0 Å². The van der Waals surface area contributed by atoms with Crippen molar-refractivity contribution in [1.29, 1.82) is 0 Å². The zero-order chi connectivity index (χ0) is 19.3. The summed E-state index contributed by atoms with van der Waals surface area (Å²) in [6.45, 7) is 7.17. The van der Waals surface area contributed by atoms with Crippen molar-refractivity contribution in [3.63, 3.8) is 0 Å². The molecule has 2 rings (SSSR count). The molecular formula is C19H24N2O5. The van der Waals surface area contributed by atoms with Crippen molar-refractivity contribution in [2.45, 2.75) is 33.8 Å². The molecule has 0 aliphatic heterocycles. The van der Waals surface area contributed by atoms with E-state index in [1.165, 1.54) is 0 Å². The number of aryl methyl sites for hydroxylation is 1. The summed E-state index contributed by atoms with van der Waals surface area (Å²) in [6.07, 6.45) is -0.698. The maximum absolute atomic E-state index is 12.2. The highest BCUT2D eigenvalue weighted by atomic mass is 16.5. The largest absolute Gasteiger partial charge is 0.494 e. The molecule has 0 saturated carbocycles. The number of aromatic amines is 1. The van der Waals surface area contributed by atoms with Crippen molar-refractivity contribution >= 4 is 17.6 Å². The lowest BCUT2D eigenvalue weighted by atomic mass is 10.1. The Balaban J connectivity index is 1.93. The third-order valence-corrected chi connectivity index (χ3v) is 3.90. The first kappa shape index (κ1) is 19.5. The number of ether oxygens (including phenoxy) is 2. The number of aliphatic hydroxyl groups is 1. The molecule has 140 valence electrons. The number of aliphatic hydroxyl groups excluding tert-OH is 1. The Bertz CT molecular complexity index is 778. The minimum Gasteiger partial charge on any atom is -0.494 e. The summed E-state index contributed by atoms with van der Waals surface area (Å²) in [5.74, 6) is -0.373. The van der Waals surface area contributed by atoms with Crippen LogP contribution in [0.2, 0.25) is 0 Å². The van der Waals surface area contributed by atoms with Gasteiger partial charge < -0.3 is 24.9 Å². The van der Waals surface area contributed by atoms with Crippen LogP contribution in [0.4, 0.5) is 5.69 Å². The van der Waals surface area contributed by atoms with Crippen molar-refractivity contribution in [2.24, 2.45) is 0 Å². The van der Waals surface area contributed by atoms with Gasteiger partial charge in [-0.05, 0) is 57.5 Å². The Hall–Kier alpha value is -2.80. The lowest BCUT2D eigenvalue weighted by Gasteiger charge is -2.08. The first-order chi connectivity index (χ1) is 12.3. The number of amides is 1. The van der Waals surface area contributed by atoms with E-state index in [-0.39, 0.29) is 5.69 Å². The van der Waals surface area contributed by atoms with Crippen molar-refractivity contribution < 1.29 is 24.2 Å². The number of rotatable bonds is 7. The van der Waals surface area contributed by atoms with Crippen LogP contribution in [0.25, 0.3) is 0 Å². The highest BCUT2D eigenvalue weighted by Gasteiger charge is 2.21. The number of carbonyl (C=O) groups excluding carboxylic acids is 2. The highest BCUT2D eigenvalue weighted by Crippen LogP contribution is 2.24. The summed E-state index contributed by atoms with van der Waals surface area (Å²) in [7, 11) is 0. The van der Waals surface area contributed by atoms with E-state index in [4.69, 9.17) is 9.47 Å². The van der Waals surface area contributed by atoms with Gasteiger partial charge in [0.2, 0.25) is 0 Å². The van der Waals surface area contributed by atoms with E-state index in [1.54, 1.807) is 45.0 Å². The predicted octanol–water partition coefficient (Wildman–Crippen LogP) is 2.88. The van der Waals surface area contributed by atoms with Crippen LogP contribution in [0.1, 0.15) is 47.3 Å². The molecule has 7 heteroatoms. The molecule has 26 heavy (non-hydrogen) atoms. The van der Waals surface area contributed by atoms with Gasteiger partial charge in [-0.1, -0.05) is 0 Å². The summed E-state index contributed by atoms with van der Waals surface area (Å²) in [5, 5.41) is 12.4. The quantitative estimate of drug-likeness (QED) is 0.659. The average molecular weight is 360 g/mol. The van der Waals surface area contributed by atoms with Crippen LogP contribution in [0.15, 0.2) is 24.3 Å². The monoisotopic (exact) mass is 360 g/mol. The number of hydrogen-bond donors (Lipinski definition) is 3. The number of aromatic nitrogens is 1. The summed E-state index contributed by atoms with van der Waals surface area (Å²) in [6, 6.07) is 6.90. The van der Waals surface area contributed by atoms with Crippen LogP contribution >= 0.6 is 0 Å². The van der Waals surface area contributed by atoms with E-state index in [9.17, 15) is 14.7 Å². The van der Waals surface area contributed by atoms with Gasteiger partial charge in [-0.25, -0.2) is 4.79 Å². The third kappa shape index (κ3) is 4.64. The molecular weight excluding hydrogens is 336 g/mol. The van der Waals surface area contributed by atoms with E-state index in [0.717, 1.165) is 0 Å². The molecule has 7 nitrogen and oxygen atoms in total. The van der Waals surface area contributed by atoms with E-state index in [0.29, 0.717) is 34.9 Å². The smallest absolute Gasteiger partial charge is 0.355 e. The molecule has 1 amide bonds. The lowest BCUT2D eigenvalue weighted by molar-refractivity contribution is -0.119. The lowest BCUT2D eigenvalue weighted by Crippen LogP contribution is -2.21. The Morgan fingerprint density at radius 3 is 2.42 bits per heavy atom. The Morgan fingerprint density at radius 1 is 1.23 bits per heavy atom. The van der Waals surface area contributed by atoms with Crippen molar-refractivity contribution in [1.82, 2.24) is 4.98 Å². The molecule has 0 bridgehead atoms. The number of H-pyrrole nitrogens is 1. The SMILES string of the molecule is CCOc1ccc(NC(=O)COC(=O)c2[nH]c(C)c([C@@H](C)O)c2C)cc1. The van der Waals surface area contributed by atoms with Crippen molar-refractivity contribution in [3.8, 4) is 5.75 Å². The Morgan fingerprint density at radius 2 is 1.88 bits per heavy atom. The minimum atomic E-state index is -0.698. The van der Waals surface area contributed by atoms with Crippen LogP contribution in [-0.4, -0.2) is 35.2 Å². The summed E-state index contributed by atoms with van der Waals surface area (Å²) >= 11 is 0. The molecule has 3 N–H and O–H groups in total. The molecule has 2 aromatic rings. The van der Waals surface area contributed by atoms with Gasteiger partial charge in [-0.15, -0.1) is 0 Å². The molecule has 0 aliphatic carbocycles. The molecule has 0 fully saturated rings. The zero-order valence-corrected chi connectivity index (χ0v) is 15.4. The normalized spacial score (nSPS) is 11.7. The number of nitrogens with one attached hydrogen (secondary N) is 2. The van der Waals surface area contributed by atoms with Gasteiger partial charge in [0.15, 0.2) is 6.61 Å². The van der Waals surface area contributed by atoms with Crippen molar-refractivity contribution in [2.75, 3.05) is 18.5 Å². The number of anilines is 1. The van der Waals surface area contributed by atoms with E-state index in [1.807, 2.05) is 6.92 Å². The Kier molecular flexibility index (Phi) is 6.41. The Labute approximate surface area is 152 Å². The van der Waals surface area contributed by atoms with Gasteiger partial charge in [0.05, 0.1) is 12.7 Å². The second-order valence-corrected chi connectivity index (χ2v) is 5.92. The maximum Gasteiger partial charge on any atom is 0.355 e. The van der Waals surface area contributed by atoms with Crippen molar-refractivity contribution in [3.05, 3.63) is 46.8 Å². The van der Waals surface area contributed by atoms with Gasteiger partial charge in [-0.3, -0.25) is 4.79 Å². The fourth-order valence-electron chi connectivity index (χ4n) is 2.80. The molecule has 1 aromatic heterocycles. The molecule has 1 atom stereocenters. The third-order valence-electron chi connectivity index (χ3n) is 3.90. The highest BCUT2D eigenvalue weighted by molar-refractivity contribution is 5.95. The summed E-state index contributed by atoms with van der Waals surface area (Å²) < 4.78 is 10.4. The maximum atomic E-state index is 12.2. The van der Waals surface area contributed by atoms with Gasteiger partial charge in [0.25, 0.3) is 5.91 Å². The molecule has 0 radical (unpaired) electrons. The number of benzene rings is 1. The fraction of sp³-hybridized carbons (Fsp3) is 0.368. The second-order valence-electron chi connectivity index (χ2n) is 5.92. The van der Waals surface area contributed by atoms with E-state index >= 15 is 0 Å². The zero-order valence-electron chi connectivity index (χ0n) is 15.4. The van der Waals surface area contributed by atoms with Crippen LogP contribution < -0.4 is 10.1 Å². The summed E-state index contributed by atoms with van der Waals surface area (Å²) in [4.78, 5) is 27.1. The molecule has 1 heterocycles. The first-order valence-electron chi connectivity index (χ1n) is 8.40. The second kappa shape index (κ2) is 8.53. The van der Waals surface area contributed by atoms with Crippen LogP contribution in [0, 0.1) is 13.8 Å². The van der Waals surface area contributed by atoms with E-state index in [2.05, 4.69) is 10.3 Å². The molecule has 0 spiro atoms. The number of esters is 1. The fourth-order valence-corrected chi connectivity index (χ4v) is 2.80. The van der Waals surface area contributed by atoms with Gasteiger partial charge in [0, 0.05) is 16.9 Å². The van der Waals surface area contributed by atoms with Gasteiger partial charge in [0.1, 0.15) is 11.4 Å². The number of hydrogen-bond acceptors (Lipinski definition) is 5. The molecule has 1 aromatic carbocycles. The van der Waals surface area contributed by atoms with E-state index < -0.39 is 24.6 Å². The minimum absolute atomic E-state index is 0.243. The number of carbonyl (C=O) groups is 2. The van der Waals surface area contributed by atoms with Gasteiger partial charge >= 0.3 is 5.97 Å². The average Bonchev–Trinajstić information content (AvgIpc) is 2.89. The standard InChI is InChI=1S/C19H24N2O5/c1-5-25-15-8-6-14(7-9-15)21-16(23)10-26-19(24)18-11(2)17(13(4)22)12(3)20-18/h6-9,13,20,22H,5,10H2,1-4H3,(H,21,23)/t13-/m1/s1. The topological polar surface area (TPSA) is 101 Å². The first-order valence-corrected chi connectivity index (χ1v) is 8.40.